The van der Waals surface area contributed by atoms with Crippen LogP contribution in [-0.2, 0) is 61.9 Å². The quantitative estimate of drug-likeness (QED) is 0.0318. The molecule has 0 aromatic heterocycles. The van der Waals surface area contributed by atoms with E-state index in [1.54, 1.807) is 0 Å². The summed E-state index contributed by atoms with van der Waals surface area (Å²) in [6.45, 7) is 9.36. The minimum atomic E-state index is -0.627. The van der Waals surface area contributed by atoms with Crippen LogP contribution in [-0.4, -0.2) is 130 Å². The van der Waals surface area contributed by atoms with Crippen molar-refractivity contribution in [3.05, 3.63) is 0 Å². The highest BCUT2D eigenvalue weighted by Gasteiger charge is 2.45. The van der Waals surface area contributed by atoms with Gasteiger partial charge in [-0.15, -0.1) is 0 Å². The van der Waals surface area contributed by atoms with Gasteiger partial charge in [0.1, 0.15) is 19.3 Å². The van der Waals surface area contributed by atoms with Crippen LogP contribution in [0.15, 0.2) is 0 Å². The summed E-state index contributed by atoms with van der Waals surface area (Å²) in [5.74, 6) is -3.90. The zero-order valence-electron chi connectivity index (χ0n) is 47.7. The highest BCUT2D eigenvalue weighted by molar-refractivity contribution is 5.73. The Labute approximate surface area is 452 Å². The Kier molecular flexibility index (Phi) is 39.5. The van der Waals surface area contributed by atoms with Gasteiger partial charge in [0.25, 0.3) is 0 Å². The molecular formula is C59H104N2O14. The first-order valence-electron chi connectivity index (χ1n) is 30.0. The van der Waals surface area contributed by atoms with Crippen molar-refractivity contribution in [1.82, 2.24) is 9.80 Å². The second-order valence-electron chi connectivity index (χ2n) is 21.5. The molecule has 0 aromatic rings. The number of carbonyl (C=O) groups is 7. The molecule has 1 amide bonds. The van der Waals surface area contributed by atoms with Gasteiger partial charge in [-0.05, 0) is 65.0 Å². The van der Waals surface area contributed by atoms with Gasteiger partial charge in [0.15, 0.2) is 0 Å². The third-order valence-corrected chi connectivity index (χ3v) is 14.3. The normalized spacial score (nSPS) is 16.7. The number of rotatable bonds is 45. The van der Waals surface area contributed by atoms with Crippen molar-refractivity contribution in [1.29, 1.82) is 0 Å². The summed E-state index contributed by atoms with van der Waals surface area (Å²) in [4.78, 5) is 95.3. The minimum Gasteiger partial charge on any atom is -0.465 e. The van der Waals surface area contributed by atoms with Crippen molar-refractivity contribution in [3.8, 4) is 0 Å². The molecule has 2 aliphatic heterocycles. The molecule has 2 fully saturated rings. The van der Waals surface area contributed by atoms with E-state index in [4.69, 9.17) is 33.2 Å². The number of nitrogens with zero attached hydrogens (tertiary/aromatic N) is 2. The predicted molar refractivity (Wildman–Crippen MR) is 290 cm³/mol. The average molecular weight is 1070 g/mol. The number of likely N-dealkylation sites (N-methyl/N-ethyl adjacent to an activating group) is 1. The van der Waals surface area contributed by atoms with Crippen LogP contribution in [0.1, 0.15) is 246 Å². The van der Waals surface area contributed by atoms with Gasteiger partial charge in [-0.3, -0.25) is 33.7 Å². The van der Waals surface area contributed by atoms with Crippen LogP contribution in [0.3, 0.4) is 0 Å². The van der Waals surface area contributed by atoms with E-state index in [1.165, 1.54) is 30.6 Å². The van der Waals surface area contributed by atoms with Gasteiger partial charge in [-0.25, -0.2) is 4.79 Å². The zero-order chi connectivity index (χ0) is 54.7. The lowest BCUT2D eigenvalue weighted by Gasteiger charge is -2.47. The highest BCUT2D eigenvalue weighted by atomic mass is 16.6. The molecule has 3 atom stereocenters. The van der Waals surface area contributed by atoms with Gasteiger partial charge in [0.05, 0.1) is 51.4 Å². The molecule has 1 unspecified atom stereocenters. The fourth-order valence-electron chi connectivity index (χ4n) is 9.51. The summed E-state index contributed by atoms with van der Waals surface area (Å²) < 4.78 is 39.9. The smallest absolute Gasteiger partial charge is 0.410 e. The van der Waals surface area contributed by atoms with Crippen LogP contribution in [0.25, 0.3) is 0 Å². The maximum atomic E-state index is 13.9. The molecule has 2 saturated heterocycles. The summed E-state index contributed by atoms with van der Waals surface area (Å²) in [5.41, 5.74) is 0. The molecule has 0 spiro atoms. The van der Waals surface area contributed by atoms with Gasteiger partial charge in [0, 0.05) is 44.1 Å². The van der Waals surface area contributed by atoms with E-state index in [0.29, 0.717) is 45.1 Å². The van der Waals surface area contributed by atoms with E-state index in [1.807, 2.05) is 7.05 Å². The number of likely N-dealkylation sites (tertiary alicyclic amines) is 2. The van der Waals surface area contributed by atoms with Gasteiger partial charge >= 0.3 is 41.9 Å². The number of unbranched alkanes of at least 4 members (excludes halogenated alkanes) is 20. The Morgan fingerprint density at radius 3 is 1.11 bits per heavy atom. The van der Waals surface area contributed by atoms with Crippen molar-refractivity contribution < 1.29 is 66.7 Å². The zero-order valence-corrected chi connectivity index (χ0v) is 47.7. The van der Waals surface area contributed by atoms with Crippen molar-refractivity contribution >= 4 is 41.9 Å². The third-order valence-electron chi connectivity index (χ3n) is 14.3. The van der Waals surface area contributed by atoms with Gasteiger partial charge in [0.2, 0.25) is 0 Å². The van der Waals surface area contributed by atoms with Crippen LogP contribution in [0.2, 0.25) is 0 Å². The Bertz CT molecular complexity index is 1410. The maximum Gasteiger partial charge on any atom is 0.410 e. The summed E-state index contributed by atoms with van der Waals surface area (Å²) in [7, 11) is 1.99. The number of ether oxygens (including phenoxy) is 7. The van der Waals surface area contributed by atoms with Crippen LogP contribution in [0, 0.1) is 11.8 Å². The molecule has 0 radical (unpaired) electrons. The van der Waals surface area contributed by atoms with E-state index < -0.39 is 42.0 Å². The van der Waals surface area contributed by atoms with E-state index in [-0.39, 0.29) is 108 Å². The molecule has 2 heterocycles. The molecule has 2 aliphatic rings. The fourth-order valence-corrected chi connectivity index (χ4v) is 9.51. The monoisotopic (exact) mass is 1060 g/mol. The summed E-state index contributed by atoms with van der Waals surface area (Å²) in [5, 5.41) is 0. The van der Waals surface area contributed by atoms with Crippen LogP contribution >= 0.6 is 0 Å². The Morgan fingerprint density at radius 2 is 0.760 bits per heavy atom. The molecule has 0 aromatic carbocycles. The number of carbonyl (C=O) groups excluding carboxylic acids is 7. The fraction of sp³-hybridized carbons (Fsp3) is 0.881. The molecule has 434 valence electrons. The van der Waals surface area contributed by atoms with Crippen LogP contribution < -0.4 is 0 Å². The number of hydrogen-bond donors (Lipinski definition) is 0. The first kappa shape index (κ1) is 67.2. The molecule has 16 heteroatoms. The molecular weight excluding hydrogens is 961 g/mol. The summed E-state index contributed by atoms with van der Waals surface area (Å²) in [6.07, 6.45) is 27.3. The summed E-state index contributed by atoms with van der Waals surface area (Å²) >= 11 is 0. The largest absolute Gasteiger partial charge is 0.465 e. The lowest BCUT2D eigenvalue weighted by Crippen LogP contribution is -2.62. The predicted octanol–water partition coefficient (Wildman–Crippen LogP) is 12.3. The van der Waals surface area contributed by atoms with Crippen molar-refractivity contribution in [2.24, 2.45) is 11.8 Å². The topological polar surface area (TPSA) is 191 Å². The molecule has 2 rings (SSSR count). The Balaban J connectivity index is 2.08. The van der Waals surface area contributed by atoms with Gasteiger partial charge in [-0.1, -0.05) is 156 Å². The molecule has 0 N–H and O–H groups in total. The lowest BCUT2D eigenvalue weighted by atomic mass is 9.94. The molecule has 0 saturated carbocycles. The highest BCUT2D eigenvalue weighted by Crippen LogP contribution is 2.29. The lowest BCUT2D eigenvalue weighted by molar-refractivity contribution is -0.159. The van der Waals surface area contributed by atoms with Crippen LogP contribution in [0.5, 0.6) is 0 Å². The van der Waals surface area contributed by atoms with Crippen molar-refractivity contribution in [2.75, 3.05) is 59.8 Å². The molecule has 0 aliphatic carbocycles. The molecule has 0 bridgehead atoms. The maximum absolute atomic E-state index is 13.9. The third kappa shape index (κ3) is 34.4. The minimum absolute atomic E-state index is 0.108. The SMILES string of the molecule is CCCCCCCCC(=O)OCC(COC(=O)CCCCCCCC)CC(=O)OC[C@@H]1C[C@H](COC(=O)CC(COC(=O)CCCCCCCC)COC(=O)CCCCCCCC)N1C(=O)OC1CCCCN(C)C1. The number of hydrogen-bond acceptors (Lipinski definition) is 15. The first-order chi connectivity index (χ1) is 36.4. The van der Waals surface area contributed by atoms with E-state index in [9.17, 15) is 33.6 Å². The second-order valence-corrected chi connectivity index (χ2v) is 21.5. The Morgan fingerprint density at radius 1 is 0.427 bits per heavy atom. The van der Waals surface area contributed by atoms with Crippen molar-refractivity contribution in [3.63, 3.8) is 0 Å². The van der Waals surface area contributed by atoms with Crippen LogP contribution in [0.4, 0.5) is 4.79 Å². The first-order valence-corrected chi connectivity index (χ1v) is 30.0. The van der Waals surface area contributed by atoms with E-state index in [2.05, 4.69) is 32.6 Å². The number of amides is 1. The number of esters is 6. The standard InChI is InChI=1S/C59H104N2O14/c1-6-10-14-18-22-26-33-53(62)69-42-48(43-70-54(63)34-27-23-19-15-11-7-2)38-57(66)73-46-50-40-51(61(50)59(68)75-52-32-30-31-37-60(5)41-52)47-74-58(67)39-49(44-71-55(64)35-28-24-20-16-12-8-3)45-72-56(65)36-29-25-21-17-13-9-4/h48-52H,6-47H2,1-5H3/t50-,51+,52?. The Hall–Kier alpha value is -3.95. The van der Waals surface area contributed by atoms with Gasteiger partial charge < -0.3 is 38.1 Å². The molecule has 75 heavy (non-hydrogen) atoms. The van der Waals surface area contributed by atoms with Crippen molar-refractivity contribution in [2.45, 2.75) is 264 Å². The summed E-state index contributed by atoms with van der Waals surface area (Å²) in [6, 6.07) is -1.13. The second kappa shape index (κ2) is 44.1. The average Bonchev–Trinajstić information content (AvgIpc) is 3.59. The van der Waals surface area contributed by atoms with E-state index >= 15 is 0 Å². The van der Waals surface area contributed by atoms with Gasteiger partial charge in [-0.2, -0.15) is 0 Å². The molecule has 16 nitrogen and oxygen atoms in total. The van der Waals surface area contributed by atoms with E-state index in [0.717, 1.165) is 122 Å².